The van der Waals surface area contributed by atoms with Gasteiger partial charge in [-0.25, -0.2) is 9.37 Å². The van der Waals surface area contributed by atoms with Crippen LogP contribution >= 0.6 is 11.3 Å². The van der Waals surface area contributed by atoms with E-state index >= 15 is 0 Å². The van der Waals surface area contributed by atoms with Crippen molar-refractivity contribution < 1.29 is 19.1 Å². The molecule has 128 valence electrons. The van der Waals surface area contributed by atoms with Crippen LogP contribution in [0, 0.1) is 11.7 Å². The molecule has 1 amide bonds. The summed E-state index contributed by atoms with van der Waals surface area (Å²) >= 11 is 1.31. The number of carboxylic acid groups (broad SMARTS) is 1. The number of amides is 1. The van der Waals surface area contributed by atoms with Crippen LogP contribution in [0.2, 0.25) is 0 Å². The highest BCUT2D eigenvalue weighted by Crippen LogP contribution is 2.17. The Kier molecular flexibility index (Phi) is 6.03. The van der Waals surface area contributed by atoms with Crippen LogP contribution in [0.15, 0.2) is 29.6 Å². The van der Waals surface area contributed by atoms with Crippen molar-refractivity contribution in [1.82, 2.24) is 9.88 Å². The Hall–Kier alpha value is -2.28. The second-order valence-corrected chi connectivity index (χ2v) is 6.85. The third-order valence-electron chi connectivity index (χ3n) is 3.21. The van der Waals surface area contributed by atoms with E-state index in [4.69, 9.17) is 5.11 Å². The Morgan fingerprint density at radius 1 is 1.38 bits per heavy atom. The zero-order valence-corrected chi connectivity index (χ0v) is 14.3. The summed E-state index contributed by atoms with van der Waals surface area (Å²) in [5.41, 5.74) is 1.00. The standard InChI is InChI=1S/C17H19FN2O3S/c1-11(2)8-20(9-16(21)22)17(23)14-10-24-15(19-14)7-12-4-3-5-13(18)6-12/h3-6,10-11H,7-9H2,1-2H3,(H,21,22). The van der Waals surface area contributed by atoms with E-state index in [1.54, 1.807) is 17.5 Å². The Balaban J connectivity index is 2.12. The third-order valence-corrected chi connectivity index (χ3v) is 4.06. The lowest BCUT2D eigenvalue weighted by Gasteiger charge is -2.21. The smallest absolute Gasteiger partial charge is 0.323 e. The zero-order valence-electron chi connectivity index (χ0n) is 13.5. The molecule has 1 N–H and O–H groups in total. The molecule has 0 spiro atoms. The molecule has 1 aromatic carbocycles. The van der Waals surface area contributed by atoms with Gasteiger partial charge < -0.3 is 10.0 Å². The Morgan fingerprint density at radius 2 is 2.12 bits per heavy atom. The minimum Gasteiger partial charge on any atom is -0.480 e. The molecule has 0 fully saturated rings. The molecule has 0 aliphatic rings. The van der Waals surface area contributed by atoms with Crippen LogP contribution < -0.4 is 0 Å². The van der Waals surface area contributed by atoms with Crippen molar-refractivity contribution >= 4 is 23.2 Å². The van der Waals surface area contributed by atoms with Crippen molar-refractivity contribution in [2.45, 2.75) is 20.3 Å². The number of carbonyl (C=O) groups is 2. The summed E-state index contributed by atoms with van der Waals surface area (Å²) in [4.78, 5) is 29.0. The Morgan fingerprint density at radius 3 is 2.75 bits per heavy atom. The molecule has 7 heteroatoms. The van der Waals surface area contributed by atoms with Gasteiger partial charge in [0, 0.05) is 18.3 Å². The number of aliphatic carboxylic acids is 1. The molecule has 0 bridgehead atoms. The summed E-state index contributed by atoms with van der Waals surface area (Å²) in [7, 11) is 0. The summed E-state index contributed by atoms with van der Waals surface area (Å²) in [6.07, 6.45) is 0.429. The first-order valence-electron chi connectivity index (χ1n) is 7.55. The van der Waals surface area contributed by atoms with Crippen LogP contribution in [0.25, 0.3) is 0 Å². The molecular weight excluding hydrogens is 331 g/mol. The minimum absolute atomic E-state index is 0.152. The Labute approximate surface area is 143 Å². The number of nitrogens with zero attached hydrogens (tertiary/aromatic N) is 2. The maximum absolute atomic E-state index is 13.2. The van der Waals surface area contributed by atoms with Gasteiger partial charge in [0.2, 0.25) is 0 Å². The number of thiazole rings is 1. The summed E-state index contributed by atoms with van der Waals surface area (Å²) in [6.45, 7) is 3.83. The van der Waals surface area contributed by atoms with Gasteiger partial charge in [-0.3, -0.25) is 9.59 Å². The summed E-state index contributed by atoms with van der Waals surface area (Å²) in [6, 6.07) is 6.22. The fraction of sp³-hybridized carbons (Fsp3) is 0.353. The third kappa shape index (κ3) is 5.13. The van der Waals surface area contributed by atoms with E-state index in [9.17, 15) is 14.0 Å². The average molecular weight is 350 g/mol. The summed E-state index contributed by atoms with van der Waals surface area (Å²) in [5.74, 6) is -1.62. The first-order chi connectivity index (χ1) is 11.3. The Bertz CT molecular complexity index is 730. The number of hydrogen-bond acceptors (Lipinski definition) is 4. The van der Waals surface area contributed by atoms with Gasteiger partial charge in [-0.2, -0.15) is 0 Å². The van der Waals surface area contributed by atoms with E-state index < -0.39 is 11.9 Å². The topological polar surface area (TPSA) is 70.5 Å². The van der Waals surface area contributed by atoms with Gasteiger partial charge in [0.25, 0.3) is 5.91 Å². The number of rotatable bonds is 7. The monoisotopic (exact) mass is 350 g/mol. The highest BCUT2D eigenvalue weighted by atomic mass is 32.1. The second-order valence-electron chi connectivity index (χ2n) is 5.91. The van der Waals surface area contributed by atoms with E-state index in [0.717, 1.165) is 5.56 Å². The van der Waals surface area contributed by atoms with Crippen molar-refractivity contribution in [2.75, 3.05) is 13.1 Å². The molecule has 0 aliphatic heterocycles. The SMILES string of the molecule is CC(C)CN(CC(=O)O)C(=O)c1csc(Cc2cccc(F)c2)n1. The average Bonchev–Trinajstić information content (AvgIpc) is 2.93. The molecule has 0 aliphatic carbocycles. The van der Waals surface area contributed by atoms with Crippen molar-refractivity contribution in [3.05, 3.63) is 51.7 Å². The van der Waals surface area contributed by atoms with Crippen molar-refractivity contribution in [2.24, 2.45) is 5.92 Å². The lowest BCUT2D eigenvalue weighted by atomic mass is 10.1. The van der Waals surface area contributed by atoms with Crippen LogP contribution in [0.5, 0.6) is 0 Å². The fourth-order valence-corrected chi connectivity index (χ4v) is 3.10. The molecule has 0 atom stereocenters. The van der Waals surface area contributed by atoms with Crippen LogP contribution in [0.4, 0.5) is 4.39 Å². The van der Waals surface area contributed by atoms with Gasteiger partial charge in [-0.05, 0) is 23.6 Å². The molecule has 0 saturated carbocycles. The maximum atomic E-state index is 13.2. The van der Waals surface area contributed by atoms with Gasteiger partial charge in [0.05, 0.1) is 5.01 Å². The fourth-order valence-electron chi connectivity index (χ4n) is 2.30. The number of benzene rings is 1. The number of aromatic nitrogens is 1. The second kappa shape index (κ2) is 8.01. The van der Waals surface area contributed by atoms with Gasteiger partial charge in [0.1, 0.15) is 18.1 Å². The summed E-state index contributed by atoms with van der Waals surface area (Å²) in [5, 5.41) is 11.3. The number of carboxylic acids is 1. The molecular formula is C17H19FN2O3S. The van der Waals surface area contributed by atoms with Crippen LogP contribution in [0.3, 0.4) is 0 Å². The van der Waals surface area contributed by atoms with Gasteiger partial charge in [0.15, 0.2) is 0 Å². The normalized spacial score (nSPS) is 10.8. The van der Waals surface area contributed by atoms with Crippen LogP contribution in [-0.2, 0) is 11.2 Å². The summed E-state index contributed by atoms with van der Waals surface area (Å²) < 4.78 is 13.2. The molecule has 0 unspecified atom stereocenters. The molecule has 24 heavy (non-hydrogen) atoms. The first-order valence-corrected chi connectivity index (χ1v) is 8.43. The molecule has 1 aromatic heterocycles. The van der Waals surface area contributed by atoms with E-state index in [1.165, 1.54) is 28.4 Å². The van der Waals surface area contributed by atoms with Crippen LogP contribution in [0.1, 0.15) is 34.9 Å². The van der Waals surface area contributed by atoms with E-state index in [2.05, 4.69) is 4.98 Å². The van der Waals surface area contributed by atoms with Crippen LogP contribution in [-0.4, -0.2) is 40.0 Å². The molecule has 0 saturated heterocycles. The van der Waals surface area contributed by atoms with Crippen molar-refractivity contribution in [3.63, 3.8) is 0 Å². The first kappa shape index (κ1) is 18.1. The lowest BCUT2D eigenvalue weighted by Crippen LogP contribution is -2.38. The van der Waals surface area contributed by atoms with Crippen molar-refractivity contribution in [3.8, 4) is 0 Å². The molecule has 0 radical (unpaired) electrons. The quantitative estimate of drug-likeness (QED) is 0.833. The van der Waals surface area contributed by atoms with Gasteiger partial charge >= 0.3 is 5.97 Å². The maximum Gasteiger partial charge on any atom is 0.323 e. The molecule has 1 heterocycles. The number of halogens is 1. The minimum atomic E-state index is -1.06. The lowest BCUT2D eigenvalue weighted by molar-refractivity contribution is -0.137. The predicted octanol–water partition coefficient (Wildman–Crippen LogP) is 3.06. The molecule has 2 rings (SSSR count). The molecule has 5 nitrogen and oxygen atoms in total. The van der Waals surface area contributed by atoms with E-state index in [0.29, 0.717) is 18.0 Å². The largest absolute Gasteiger partial charge is 0.480 e. The van der Waals surface area contributed by atoms with E-state index in [-0.39, 0.29) is 24.0 Å². The van der Waals surface area contributed by atoms with E-state index in [1.807, 2.05) is 13.8 Å². The van der Waals surface area contributed by atoms with Crippen molar-refractivity contribution in [1.29, 1.82) is 0 Å². The van der Waals surface area contributed by atoms with Gasteiger partial charge in [-0.15, -0.1) is 11.3 Å². The number of carbonyl (C=O) groups excluding carboxylic acids is 1. The zero-order chi connectivity index (χ0) is 17.7. The predicted molar refractivity (Wildman–Crippen MR) is 89.7 cm³/mol. The molecule has 2 aromatic rings. The highest BCUT2D eigenvalue weighted by molar-refractivity contribution is 7.09. The van der Waals surface area contributed by atoms with Gasteiger partial charge in [-0.1, -0.05) is 26.0 Å². The number of hydrogen-bond donors (Lipinski definition) is 1. The highest BCUT2D eigenvalue weighted by Gasteiger charge is 2.22.